The molecule has 0 aliphatic heterocycles. The fraction of sp³-hybridized carbons (Fsp3) is 0.412. The van der Waals surface area contributed by atoms with E-state index in [1.165, 1.54) is 48.1 Å². The zero-order valence-electron chi connectivity index (χ0n) is 12.4. The Morgan fingerprint density at radius 3 is 2.90 bits per heavy atom. The molecular weight excluding hydrogens is 282 g/mol. The number of hydrogen-bond acceptors (Lipinski definition) is 4. The summed E-state index contributed by atoms with van der Waals surface area (Å²) in [5.74, 6) is 0. The molecule has 2 aromatic rings. The minimum absolute atomic E-state index is 0.299. The molecule has 0 amide bonds. The van der Waals surface area contributed by atoms with Gasteiger partial charge < -0.3 is 4.74 Å². The minimum atomic E-state index is 0.299. The SMILES string of the molecule is CCCCCCc1ccccc1-c1ncsc1COC=O. The van der Waals surface area contributed by atoms with Crippen LogP contribution in [0.2, 0.25) is 0 Å². The molecule has 0 aliphatic carbocycles. The average Bonchev–Trinajstić information content (AvgIpc) is 2.98. The topological polar surface area (TPSA) is 39.2 Å². The molecule has 0 radical (unpaired) electrons. The van der Waals surface area contributed by atoms with Crippen LogP contribution in [0.1, 0.15) is 43.0 Å². The number of rotatable bonds is 9. The van der Waals surface area contributed by atoms with Crippen LogP contribution >= 0.6 is 11.3 Å². The first-order valence-electron chi connectivity index (χ1n) is 7.42. The first-order chi connectivity index (χ1) is 10.4. The maximum absolute atomic E-state index is 10.4. The molecule has 0 N–H and O–H groups in total. The zero-order valence-corrected chi connectivity index (χ0v) is 13.2. The Kier molecular flexibility index (Phi) is 6.41. The van der Waals surface area contributed by atoms with Gasteiger partial charge in [0.2, 0.25) is 0 Å². The second kappa shape index (κ2) is 8.57. The molecule has 0 saturated carbocycles. The number of thiazole rings is 1. The Bertz CT molecular complexity index is 565. The van der Waals surface area contributed by atoms with Crippen LogP contribution in [0.5, 0.6) is 0 Å². The maximum atomic E-state index is 10.4. The van der Waals surface area contributed by atoms with Gasteiger partial charge in [-0.15, -0.1) is 11.3 Å². The van der Waals surface area contributed by atoms with Gasteiger partial charge in [-0.1, -0.05) is 50.5 Å². The smallest absolute Gasteiger partial charge is 0.293 e. The van der Waals surface area contributed by atoms with Crippen LogP contribution in [0.3, 0.4) is 0 Å². The summed E-state index contributed by atoms with van der Waals surface area (Å²) >= 11 is 1.53. The molecule has 0 unspecified atom stereocenters. The van der Waals surface area contributed by atoms with E-state index in [1.54, 1.807) is 0 Å². The van der Waals surface area contributed by atoms with E-state index in [0.29, 0.717) is 13.1 Å². The number of nitrogens with zero attached hydrogens (tertiary/aromatic N) is 1. The van der Waals surface area contributed by atoms with E-state index in [9.17, 15) is 4.79 Å². The second-order valence-electron chi connectivity index (χ2n) is 5.00. The standard InChI is InChI=1S/C17H21NO2S/c1-2-3-4-5-8-14-9-6-7-10-15(14)17-16(11-20-13-19)21-12-18-17/h6-7,9-10,12-13H,2-5,8,11H2,1H3. The summed E-state index contributed by atoms with van der Waals surface area (Å²) in [5.41, 5.74) is 5.26. The molecule has 21 heavy (non-hydrogen) atoms. The number of carbonyl (C=O) groups is 1. The van der Waals surface area contributed by atoms with Crippen molar-refractivity contribution < 1.29 is 9.53 Å². The summed E-state index contributed by atoms with van der Waals surface area (Å²) in [5, 5.41) is 0. The highest BCUT2D eigenvalue weighted by molar-refractivity contribution is 7.10. The predicted molar refractivity (Wildman–Crippen MR) is 86.2 cm³/mol. The molecule has 0 spiro atoms. The van der Waals surface area contributed by atoms with Gasteiger partial charge in [0.1, 0.15) is 6.61 Å². The Morgan fingerprint density at radius 1 is 1.24 bits per heavy atom. The molecule has 0 saturated heterocycles. The van der Waals surface area contributed by atoms with Crippen molar-refractivity contribution in [1.29, 1.82) is 0 Å². The number of aromatic nitrogens is 1. The third-order valence-corrected chi connectivity index (χ3v) is 4.30. The van der Waals surface area contributed by atoms with Gasteiger partial charge in [0, 0.05) is 5.56 Å². The van der Waals surface area contributed by atoms with Crippen molar-refractivity contribution in [2.24, 2.45) is 0 Å². The lowest BCUT2D eigenvalue weighted by molar-refractivity contribution is -0.129. The van der Waals surface area contributed by atoms with E-state index >= 15 is 0 Å². The molecule has 0 atom stereocenters. The van der Waals surface area contributed by atoms with Crippen molar-refractivity contribution in [1.82, 2.24) is 4.98 Å². The summed E-state index contributed by atoms with van der Waals surface area (Å²) in [6, 6.07) is 8.39. The molecule has 1 aromatic carbocycles. The Hall–Kier alpha value is -1.68. The van der Waals surface area contributed by atoms with Crippen LogP contribution in [0.25, 0.3) is 11.3 Å². The van der Waals surface area contributed by atoms with Gasteiger partial charge in [0.25, 0.3) is 6.47 Å². The van der Waals surface area contributed by atoms with E-state index in [1.807, 2.05) is 11.6 Å². The van der Waals surface area contributed by atoms with Crippen molar-refractivity contribution in [3.63, 3.8) is 0 Å². The van der Waals surface area contributed by atoms with E-state index < -0.39 is 0 Å². The van der Waals surface area contributed by atoms with E-state index in [2.05, 4.69) is 30.1 Å². The predicted octanol–water partition coefficient (Wildman–Crippen LogP) is 4.61. The zero-order chi connectivity index (χ0) is 14.9. The third kappa shape index (κ3) is 4.39. The van der Waals surface area contributed by atoms with Gasteiger partial charge in [0.05, 0.1) is 16.1 Å². The van der Waals surface area contributed by atoms with E-state index in [0.717, 1.165) is 17.0 Å². The first-order valence-corrected chi connectivity index (χ1v) is 8.30. The highest BCUT2D eigenvalue weighted by Crippen LogP contribution is 2.29. The number of unbranched alkanes of at least 4 members (excludes halogenated alkanes) is 3. The van der Waals surface area contributed by atoms with Gasteiger partial charge in [-0.25, -0.2) is 4.98 Å². The largest absolute Gasteiger partial charge is 0.462 e. The van der Waals surface area contributed by atoms with Crippen LogP contribution in [-0.4, -0.2) is 11.5 Å². The van der Waals surface area contributed by atoms with E-state index in [4.69, 9.17) is 4.74 Å². The number of aryl methyl sites for hydroxylation is 1. The van der Waals surface area contributed by atoms with Gasteiger partial charge in [0.15, 0.2) is 0 Å². The van der Waals surface area contributed by atoms with Crippen molar-refractivity contribution in [3.8, 4) is 11.3 Å². The molecule has 1 aromatic heterocycles. The van der Waals surface area contributed by atoms with Crippen molar-refractivity contribution in [2.45, 2.75) is 45.6 Å². The highest BCUT2D eigenvalue weighted by atomic mass is 32.1. The monoisotopic (exact) mass is 303 g/mol. The minimum Gasteiger partial charge on any atom is -0.462 e. The van der Waals surface area contributed by atoms with Crippen LogP contribution in [-0.2, 0) is 22.6 Å². The molecule has 1 heterocycles. The lowest BCUT2D eigenvalue weighted by atomic mass is 9.98. The highest BCUT2D eigenvalue weighted by Gasteiger charge is 2.12. The molecule has 0 fully saturated rings. The molecule has 2 rings (SSSR count). The number of hydrogen-bond donors (Lipinski definition) is 0. The number of benzene rings is 1. The molecule has 0 bridgehead atoms. The summed E-state index contributed by atoms with van der Waals surface area (Å²) < 4.78 is 4.88. The van der Waals surface area contributed by atoms with Gasteiger partial charge >= 0.3 is 0 Å². The third-order valence-electron chi connectivity index (χ3n) is 3.50. The van der Waals surface area contributed by atoms with Crippen molar-refractivity contribution in [3.05, 3.63) is 40.2 Å². The lowest BCUT2D eigenvalue weighted by Gasteiger charge is -2.09. The lowest BCUT2D eigenvalue weighted by Crippen LogP contribution is -1.95. The number of carbonyl (C=O) groups excluding carboxylic acids is 1. The summed E-state index contributed by atoms with van der Waals surface area (Å²) in [4.78, 5) is 15.8. The van der Waals surface area contributed by atoms with Crippen molar-refractivity contribution in [2.75, 3.05) is 0 Å². The molecular formula is C17H21NO2S. The normalized spacial score (nSPS) is 10.5. The summed E-state index contributed by atoms with van der Waals surface area (Å²) in [6.07, 6.45) is 6.08. The van der Waals surface area contributed by atoms with Crippen molar-refractivity contribution >= 4 is 17.8 Å². The van der Waals surface area contributed by atoms with Crippen LogP contribution in [0.15, 0.2) is 29.8 Å². The van der Waals surface area contributed by atoms with Gasteiger partial charge in [-0.3, -0.25) is 4.79 Å². The fourth-order valence-corrected chi connectivity index (χ4v) is 3.11. The Balaban J connectivity index is 2.15. The van der Waals surface area contributed by atoms with Gasteiger partial charge in [-0.2, -0.15) is 0 Å². The Labute approximate surface area is 130 Å². The maximum Gasteiger partial charge on any atom is 0.293 e. The molecule has 112 valence electrons. The second-order valence-corrected chi connectivity index (χ2v) is 5.94. The molecule has 3 nitrogen and oxygen atoms in total. The van der Waals surface area contributed by atoms with Crippen LogP contribution < -0.4 is 0 Å². The van der Waals surface area contributed by atoms with Crippen LogP contribution in [0.4, 0.5) is 0 Å². The van der Waals surface area contributed by atoms with Gasteiger partial charge in [-0.05, 0) is 18.4 Å². The van der Waals surface area contributed by atoms with E-state index in [-0.39, 0.29) is 0 Å². The molecule has 0 aliphatic rings. The summed E-state index contributed by atoms with van der Waals surface area (Å²) in [7, 11) is 0. The molecule has 4 heteroatoms. The first kappa shape index (κ1) is 15.7. The quantitative estimate of drug-likeness (QED) is 0.502. The summed E-state index contributed by atoms with van der Waals surface area (Å²) in [6.45, 7) is 3.01. The fourth-order valence-electron chi connectivity index (χ4n) is 2.41. The van der Waals surface area contributed by atoms with Crippen LogP contribution in [0, 0.1) is 0 Å². The average molecular weight is 303 g/mol. The Morgan fingerprint density at radius 2 is 2.10 bits per heavy atom. The number of ether oxygens (including phenoxy) is 1.